The van der Waals surface area contributed by atoms with Gasteiger partial charge in [0.15, 0.2) is 0 Å². The molecule has 1 aromatic carbocycles. The average molecular weight is 272 g/mol. The van der Waals surface area contributed by atoms with E-state index in [0.717, 1.165) is 17.6 Å². The highest BCUT2D eigenvalue weighted by Crippen LogP contribution is 2.12. The molecule has 1 aromatic rings. The molecule has 3 nitrogen and oxygen atoms in total. The van der Waals surface area contributed by atoms with Gasteiger partial charge in [0.25, 0.3) is 0 Å². The molecular weight excluding hydrogens is 254 g/mol. The van der Waals surface area contributed by atoms with Crippen molar-refractivity contribution in [1.82, 2.24) is 4.90 Å². The molecular formula is C11H18BrN3. The van der Waals surface area contributed by atoms with Crippen LogP contribution in [-0.4, -0.2) is 31.1 Å². The normalized spacial score (nSPS) is 13.1. The predicted octanol–water partition coefficient (Wildman–Crippen LogP) is 1.17. The summed E-state index contributed by atoms with van der Waals surface area (Å²) < 4.78 is 1.11. The van der Waals surface area contributed by atoms with Crippen molar-refractivity contribution in [3.8, 4) is 0 Å². The van der Waals surface area contributed by atoms with Gasteiger partial charge in [0.05, 0.1) is 0 Å². The van der Waals surface area contributed by atoms with E-state index < -0.39 is 0 Å². The number of halogens is 1. The molecule has 0 fully saturated rings. The second-order valence-corrected chi connectivity index (χ2v) is 4.74. The van der Waals surface area contributed by atoms with E-state index in [-0.39, 0.29) is 6.04 Å². The summed E-state index contributed by atoms with van der Waals surface area (Å²) in [5, 5.41) is 0. The molecule has 0 saturated carbocycles. The smallest absolute Gasteiger partial charge is 0.0292 e. The zero-order chi connectivity index (χ0) is 11.3. The van der Waals surface area contributed by atoms with E-state index in [2.05, 4.69) is 40.0 Å². The van der Waals surface area contributed by atoms with Crippen molar-refractivity contribution in [2.24, 2.45) is 11.5 Å². The Balaban J connectivity index is 2.47. The van der Waals surface area contributed by atoms with Crippen LogP contribution in [0.3, 0.4) is 0 Å². The van der Waals surface area contributed by atoms with Gasteiger partial charge < -0.3 is 16.4 Å². The van der Waals surface area contributed by atoms with Crippen LogP contribution in [0.25, 0.3) is 0 Å². The molecule has 15 heavy (non-hydrogen) atoms. The molecule has 0 aromatic heterocycles. The van der Waals surface area contributed by atoms with Crippen LogP contribution >= 0.6 is 15.9 Å². The van der Waals surface area contributed by atoms with Crippen molar-refractivity contribution in [2.45, 2.75) is 12.6 Å². The van der Waals surface area contributed by atoms with Crippen LogP contribution in [0.2, 0.25) is 0 Å². The van der Waals surface area contributed by atoms with Gasteiger partial charge in [-0.1, -0.05) is 28.1 Å². The van der Waals surface area contributed by atoms with E-state index in [4.69, 9.17) is 11.5 Å². The SMILES string of the molecule is CN(Cc1cccc(Br)c1)CC(N)CN. The molecule has 1 rings (SSSR count). The number of hydrogen-bond acceptors (Lipinski definition) is 3. The molecule has 0 amide bonds. The van der Waals surface area contributed by atoms with E-state index in [1.807, 2.05) is 12.1 Å². The topological polar surface area (TPSA) is 55.3 Å². The van der Waals surface area contributed by atoms with Gasteiger partial charge in [0.2, 0.25) is 0 Å². The third-order valence-corrected chi connectivity index (χ3v) is 2.68. The zero-order valence-corrected chi connectivity index (χ0v) is 10.6. The summed E-state index contributed by atoms with van der Waals surface area (Å²) in [4.78, 5) is 2.18. The van der Waals surface area contributed by atoms with Gasteiger partial charge in [-0.2, -0.15) is 0 Å². The van der Waals surface area contributed by atoms with E-state index in [0.29, 0.717) is 6.54 Å². The first kappa shape index (κ1) is 12.6. The lowest BCUT2D eigenvalue weighted by Gasteiger charge is -2.20. The molecule has 0 aliphatic heterocycles. The van der Waals surface area contributed by atoms with Crippen LogP contribution in [0.5, 0.6) is 0 Å². The minimum Gasteiger partial charge on any atom is -0.329 e. The van der Waals surface area contributed by atoms with E-state index in [1.54, 1.807) is 0 Å². The minimum atomic E-state index is 0.0575. The molecule has 4 N–H and O–H groups in total. The van der Waals surface area contributed by atoms with Gasteiger partial charge in [-0.3, -0.25) is 0 Å². The number of likely N-dealkylation sites (N-methyl/N-ethyl adjacent to an activating group) is 1. The van der Waals surface area contributed by atoms with Gasteiger partial charge in [0, 0.05) is 30.1 Å². The monoisotopic (exact) mass is 271 g/mol. The third-order valence-electron chi connectivity index (χ3n) is 2.19. The number of hydrogen-bond donors (Lipinski definition) is 2. The van der Waals surface area contributed by atoms with Crippen LogP contribution in [0.4, 0.5) is 0 Å². The molecule has 84 valence electrons. The Morgan fingerprint density at radius 1 is 1.47 bits per heavy atom. The Bertz CT molecular complexity index is 304. The van der Waals surface area contributed by atoms with Crippen molar-refractivity contribution < 1.29 is 0 Å². The van der Waals surface area contributed by atoms with Crippen LogP contribution in [0.1, 0.15) is 5.56 Å². The zero-order valence-electron chi connectivity index (χ0n) is 8.99. The second-order valence-electron chi connectivity index (χ2n) is 3.82. The molecule has 4 heteroatoms. The van der Waals surface area contributed by atoms with Gasteiger partial charge in [-0.15, -0.1) is 0 Å². The van der Waals surface area contributed by atoms with E-state index >= 15 is 0 Å². The maximum atomic E-state index is 5.78. The quantitative estimate of drug-likeness (QED) is 0.846. The van der Waals surface area contributed by atoms with Crippen molar-refractivity contribution >= 4 is 15.9 Å². The first-order valence-corrected chi connectivity index (χ1v) is 5.79. The summed E-state index contributed by atoms with van der Waals surface area (Å²) in [7, 11) is 2.05. The first-order valence-electron chi connectivity index (χ1n) is 5.00. The van der Waals surface area contributed by atoms with Gasteiger partial charge in [-0.05, 0) is 24.7 Å². The lowest BCUT2D eigenvalue weighted by Crippen LogP contribution is -2.40. The summed E-state index contributed by atoms with van der Waals surface area (Å²) in [5.74, 6) is 0. The fraction of sp³-hybridized carbons (Fsp3) is 0.455. The second kappa shape index (κ2) is 6.23. The molecule has 0 heterocycles. The maximum absolute atomic E-state index is 5.78. The third kappa shape index (κ3) is 4.75. The fourth-order valence-electron chi connectivity index (χ4n) is 1.49. The lowest BCUT2D eigenvalue weighted by molar-refractivity contribution is 0.305. The Labute approximate surface area is 99.6 Å². The van der Waals surface area contributed by atoms with Crippen LogP contribution < -0.4 is 11.5 Å². The maximum Gasteiger partial charge on any atom is 0.0292 e. The minimum absolute atomic E-state index is 0.0575. The fourth-order valence-corrected chi connectivity index (χ4v) is 1.93. The Kier molecular flexibility index (Phi) is 5.25. The molecule has 0 saturated heterocycles. The van der Waals surface area contributed by atoms with Crippen molar-refractivity contribution in [3.63, 3.8) is 0 Å². The Morgan fingerprint density at radius 3 is 2.80 bits per heavy atom. The molecule has 0 aliphatic rings. The average Bonchev–Trinajstić information content (AvgIpc) is 2.17. The molecule has 0 spiro atoms. The standard InChI is InChI=1S/C11H18BrN3/c1-15(8-11(14)6-13)7-9-3-2-4-10(12)5-9/h2-5,11H,6-8,13-14H2,1H3. The Hall–Kier alpha value is -0.420. The highest BCUT2D eigenvalue weighted by molar-refractivity contribution is 9.10. The first-order chi connectivity index (χ1) is 7.11. The molecule has 0 aliphatic carbocycles. The molecule has 1 atom stereocenters. The number of nitrogens with zero attached hydrogens (tertiary/aromatic N) is 1. The molecule has 0 radical (unpaired) electrons. The van der Waals surface area contributed by atoms with Crippen LogP contribution in [-0.2, 0) is 6.54 Å². The van der Waals surface area contributed by atoms with E-state index in [9.17, 15) is 0 Å². The predicted molar refractivity (Wildman–Crippen MR) is 67.5 cm³/mol. The van der Waals surface area contributed by atoms with Gasteiger partial charge in [-0.25, -0.2) is 0 Å². The lowest BCUT2D eigenvalue weighted by atomic mass is 10.2. The number of benzene rings is 1. The van der Waals surface area contributed by atoms with Gasteiger partial charge >= 0.3 is 0 Å². The van der Waals surface area contributed by atoms with Gasteiger partial charge in [0.1, 0.15) is 0 Å². The number of nitrogens with two attached hydrogens (primary N) is 2. The summed E-state index contributed by atoms with van der Waals surface area (Å²) in [5.41, 5.74) is 12.5. The van der Waals surface area contributed by atoms with E-state index in [1.165, 1.54) is 5.56 Å². The van der Waals surface area contributed by atoms with Crippen molar-refractivity contribution in [1.29, 1.82) is 0 Å². The molecule has 0 bridgehead atoms. The summed E-state index contributed by atoms with van der Waals surface area (Å²) in [6.07, 6.45) is 0. The van der Waals surface area contributed by atoms with Crippen LogP contribution in [0.15, 0.2) is 28.7 Å². The van der Waals surface area contributed by atoms with Crippen LogP contribution in [0, 0.1) is 0 Å². The molecule has 1 unspecified atom stereocenters. The van der Waals surface area contributed by atoms with Crippen molar-refractivity contribution in [2.75, 3.05) is 20.1 Å². The van der Waals surface area contributed by atoms with Crippen molar-refractivity contribution in [3.05, 3.63) is 34.3 Å². The highest BCUT2D eigenvalue weighted by atomic mass is 79.9. The highest BCUT2D eigenvalue weighted by Gasteiger charge is 2.05. The summed E-state index contributed by atoms with van der Waals surface area (Å²) in [6.45, 7) is 2.25. The number of rotatable bonds is 5. The largest absolute Gasteiger partial charge is 0.329 e. The summed E-state index contributed by atoms with van der Waals surface area (Å²) in [6, 6.07) is 8.34. The summed E-state index contributed by atoms with van der Waals surface area (Å²) >= 11 is 3.45. The Morgan fingerprint density at radius 2 is 2.20 bits per heavy atom.